The number of thiophene rings is 1. The maximum absolute atomic E-state index is 5.76. The minimum absolute atomic E-state index is 0.164. The van der Waals surface area contributed by atoms with E-state index >= 15 is 0 Å². The summed E-state index contributed by atoms with van der Waals surface area (Å²) >= 11 is 7.29. The highest BCUT2D eigenvalue weighted by molar-refractivity contribution is 7.16. The maximum Gasteiger partial charge on any atom is 0.0931 e. The van der Waals surface area contributed by atoms with Gasteiger partial charge in [0.05, 0.1) is 4.34 Å². The summed E-state index contributed by atoms with van der Waals surface area (Å²) in [6.07, 6.45) is 0.969. The van der Waals surface area contributed by atoms with Crippen molar-refractivity contribution in [3.63, 3.8) is 0 Å². The molecular formula is C7H10ClNS. The fourth-order valence-electron chi connectivity index (χ4n) is 0.729. The lowest BCUT2D eigenvalue weighted by Crippen LogP contribution is -2.05. The van der Waals surface area contributed by atoms with Crippen LogP contribution in [0, 0.1) is 0 Å². The van der Waals surface area contributed by atoms with E-state index in [2.05, 4.69) is 6.92 Å². The first kappa shape index (κ1) is 8.05. The third-order valence-electron chi connectivity index (χ3n) is 1.40. The molecule has 1 rings (SSSR count). The predicted molar refractivity (Wildman–Crippen MR) is 46.5 cm³/mol. The van der Waals surface area contributed by atoms with Crippen LogP contribution >= 0.6 is 22.9 Å². The average molecular weight is 176 g/mol. The SMILES string of the molecule is CCC(N)c1ccc(Cl)s1. The molecule has 0 radical (unpaired) electrons. The van der Waals surface area contributed by atoms with Gasteiger partial charge in [-0.15, -0.1) is 11.3 Å². The van der Waals surface area contributed by atoms with Crippen molar-refractivity contribution in [1.29, 1.82) is 0 Å². The highest BCUT2D eigenvalue weighted by Crippen LogP contribution is 2.26. The van der Waals surface area contributed by atoms with Gasteiger partial charge in [-0.1, -0.05) is 18.5 Å². The number of hydrogen-bond donors (Lipinski definition) is 1. The molecule has 0 aliphatic rings. The van der Waals surface area contributed by atoms with Gasteiger partial charge >= 0.3 is 0 Å². The molecular weight excluding hydrogens is 166 g/mol. The molecule has 0 aromatic carbocycles. The van der Waals surface area contributed by atoms with Crippen LogP contribution in [0.4, 0.5) is 0 Å². The van der Waals surface area contributed by atoms with Gasteiger partial charge in [0, 0.05) is 10.9 Å². The summed E-state index contributed by atoms with van der Waals surface area (Å²) in [5.41, 5.74) is 5.76. The lowest BCUT2D eigenvalue weighted by Gasteiger charge is -2.02. The molecule has 0 spiro atoms. The van der Waals surface area contributed by atoms with Gasteiger partial charge in [0.1, 0.15) is 0 Å². The molecule has 0 aliphatic carbocycles. The summed E-state index contributed by atoms with van der Waals surface area (Å²) < 4.78 is 0.818. The molecule has 0 aliphatic heterocycles. The van der Waals surface area contributed by atoms with Crippen molar-refractivity contribution >= 4 is 22.9 Å². The van der Waals surface area contributed by atoms with Crippen molar-refractivity contribution in [3.8, 4) is 0 Å². The van der Waals surface area contributed by atoms with Gasteiger partial charge in [-0.2, -0.15) is 0 Å². The molecule has 3 heteroatoms. The van der Waals surface area contributed by atoms with E-state index in [1.54, 1.807) is 11.3 Å². The number of rotatable bonds is 2. The van der Waals surface area contributed by atoms with Gasteiger partial charge in [0.15, 0.2) is 0 Å². The number of nitrogens with two attached hydrogens (primary N) is 1. The molecule has 0 saturated heterocycles. The quantitative estimate of drug-likeness (QED) is 0.735. The highest BCUT2D eigenvalue weighted by atomic mass is 35.5. The topological polar surface area (TPSA) is 26.0 Å². The van der Waals surface area contributed by atoms with Crippen LogP contribution in [-0.4, -0.2) is 0 Å². The van der Waals surface area contributed by atoms with Crippen LogP contribution < -0.4 is 5.73 Å². The van der Waals surface area contributed by atoms with Crippen molar-refractivity contribution in [3.05, 3.63) is 21.3 Å². The standard InChI is InChI=1S/C7H10ClNS/c1-2-5(9)6-3-4-7(8)10-6/h3-5H,2,9H2,1H3. The smallest absolute Gasteiger partial charge is 0.0931 e. The summed E-state index contributed by atoms with van der Waals surface area (Å²) in [6.45, 7) is 2.07. The Hall–Kier alpha value is -0.0500. The second-order valence-corrected chi connectivity index (χ2v) is 3.90. The molecule has 0 fully saturated rings. The van der Waals surface area contributed by atoms with Gasteiger partial charge in [-0.3, -0.25) is 0 Å². The summed E-state index contributed by atoms with van der Waals surface area (Å²) in [4.78, 5) is 1.17. The van der Waals surface area contributed by atoms with Gasteiger partial charge in [0.2, 0.25) is 0 Å². The van der Waals surface area contributed by atoms with Crippen LogP contribution in [0.25, 0.3) is 0 Å². The average Bonchev–Trinajstić information content (AvgIpc) is 2.34. The Bertz CT molecular complexity index is 209. The lowest BCUT2D eigenvalue weighted by molar-refractivity contribution is 0.712. The summed E-state index contributed by atoms with van der Waals surface area (Å²) in [6, 6.07) is 4.04. The van der Waals surface area contributed by atoms with E-state index in [0.29, 0.717) is 0 Å². The highest BCUT2D eigenvalue weighted by Gasteiger charge is 2.04. The van der Waals surface area contributed by atoms with Crippen molar-refractivity contribution in [2.75, 3.05) is 0 Å². The van der Waals surface area contributed by atoms with Crippen LogP contribution in [0.5, 0.6) is 0 Å². The van der Waals surface area contributed by atoms with Crippen molar-refractivity contribution in [2.24, 2.45) is 5.73 Å². The zero-order chi connectivity index (χ0) is 7.56. The van der Waals surface area contributed by atoms with Crippen LogP contribution in [-0.2, 0) is 0 Å². The van der Waals surface area contributed by atoms with E-state index in [-0.39, 0.29) is 6.04 Å². The van der Waals surface area contributed by atoms with E-state index in [4.69, 9.17) is 17.3 Å². The first-order valence-corrected chi connectivity index (χ1v) is 4.44. The Balaban J connectivity index is 2.74. The lowest BCUT2D eigenvalue weighted by atomic mass is 10.2. The fraction of sp³-hybridized carbons (Fsp3) is 0.429. The summed E-state index contributed by atoms with van der Waals surface area (Å²) in [5.74, 6) is 0. The van der Waals surface area contributed by atoms with Crippen LogP contribution in [0.2, 0.25) is 4.34 Å². The molecule has 0 bridgehead atoms. The minimum Gasteiger partial charge on any atom is -0.323 e. The monoisotopic (exact) mass is 175 g/mol. The molecule has 1 atom stereocenters. The van der Waals surface area contributed by atoms with Gasteiger partial charge in [-0.05, 0) is 18.6 Å². The maximum atomic E-state index is 5.76. The molecule has 1 nitrogen and oxygen atoms in total. The zero-order valence-electron chi connectivity index (χ0n) is 5.80. The van der Waals surface area contributed by atoms with Crippen molar-refractivity contribution in [1.82, 2.24) is 0 Å². The minimum atomic E-state index is 0.164. The van der Waals surface area contributed by atoms with Crippen LogP contribution in [0.15, 0.2) is 12.1 Å². The van der Waals surface area contributed by atoms with Crippen molar-refractivity contribution in [2.45, 2.75) is 19.4 Å². The first-order valence-electron chi connectivity index (χ1n) is 3.25. The Labute approximate surface area is 69.8 Å². The Morgan fingerprint density at radius 3 is 2.80 bits per heavy atom. The molecule has 56 valence electrons. The molecule has 1 aromatic heterocycles. The zero-order valence-corrected chi connectivity index (χ0v) is 7.38. The largest absolute Gasteiger partial charge is 0.323 e. The molecule has 1 aromatic rings. The van der Waals surface area contributed by atoms with E-state index in [9.17, 15) is 0 Å². The third kappa shape index (κ3) is 1.72. The normalized spacial score (nSPS) is 13.5. The Morgan fingerprint density at radius 1 is 1.70 bits per heavy atom. The molecule has 0 saturated carbocycles. The number of hydrogen-bond acceptors (Lipinski definition) is 2. The molecule has 1 unspecified atom stereocenters. The Kier molecular flexibility index (Phi) is 2.72. The van der Waals surface area contributed by atoms with Crippen LogP contribution in [0.3, 0.4) is 0 Å². The molecule has 0 amide bonds. The van der Waals surface area contributed by atoms with Gasteiger partial charge in [-0.25, -0.2) is 0 Å². The fourth-order valence-corrected chi connectivity index (χ4v) is 1.87. The summed E-state index contributed by atoms with van der Waals surface area (Å²) in [7, 11) is 0. The van der Waals surface area contributed by atoms with E-state index in [0.717, 1.165) is 10.8 Å². The Morgan fingerprint density at radius 2 is 2.40 bits per heavy atom. The molecule has 10 heavy (non-hydrogen) atoms. The van der Waals surface area contributed by atoms with Crippen LogP contribution in [0.1, 0.15) is 24.3 Å². The second kappa shape index (κ2) is 3.37. The van der Waals surface area contributed by atoms with E-state index in [1.807, 2.05) is 12.1 Å². The predicted octanol–water partition coefficient (Wildman–Crippen LogP) is 2.81. The van der Waals surface area contributed by atoms with E-state index in [1.165, 1.54) is 4.88 Å². The van der Waals surface area contributed by atoms with Gasteiger partial charge < -0.3 is 5.73 Å². The molecule has 1 heterocycles. The number of halogens is 1. The molecule has 2 N–H and O–H groups in total. The third-order valence-corrected chi connectivity index (χ3v) is 2.76. The summed E-state index contributed by atoms with van der Waals surface area (Å²) in [5, 5.41) is 0. The van der Waals surface area contributed by atoms with E-state index < -0.39 is 0 Å². The van der Waals surface area contributed by atoms with Crippen molar-refractivity contribution < 1.29 is 0 Å². The van der Waals surface area contributed by atoms with Gasteiger partial charge in [0.25, 0.3) is 0 Å². The second-order valence-electron chi connectivity index (χ2n) is 2.16. The first-order chi connectivity index (χ1) is 4.74.